The van der Waals surface area contributed by atoms with Gasteiger partial charge in [-0.2, -0.15) is 0 Å². The van der Waals surface area contributed by atoms with Crippen LogP contribution in [-0.2, 0) is 13.0 Å². The SMILES string of the molecule is Cc1ccccc1COc1ccccc1Cc1c(C)[nH]c(=O)[nH]c1=O. The molecule has 3 rings (SSSR count). The fraction of sp³-hybridized carbons (Fsp3) is 0.200. The van der Waals surface area contributed by atoms with Crippen molar-refractivity contribution in [3.63, 3.8) is 0 Å². The van der Waals surface area contributed by atoms with Gasteiger partial charge in [-0.3, -0.25) is 9.78 Å². The fourth-order valence-electron chi connectivity index (χ4n) is 2.75. The average molecular weight is 336 g/mol. The van der Waals surface area contributed by atoms with Gasteiger partial charge in [-0.15, -0.1) is 0 Å². The monoisotopic (exact) mass is 336 g/mol. The second-order valence-electron chi connectivity index (χ2n) is 6.01. The molecule has 0 aliphatic carbocycles. The molecular formula is C20H20N2O3. The Morgan fingerprint density at radius 1 is 0.880 bits per heavy atom. The maximum absolute atomic E-state index is 12.1. The number of aryl methyl sites for hydroxylation is 2. The zero-order valence-electron chi connectivity index (χ0n) is 14.3. The van der Waals surface area contributed by atoms with Gasteiger partial charge in [0, 0.05) is 17.7 Å². The smallest absolute Gasteiger partial charge is 0.325 e. The van der Waals surface area contributed by atoms with E-state index in [9.17, 15) is 9.59 Å². The topological polar surface area (TPSA) is 75.0 Å². The van der Waals surface area contributed by atoms with Gasteiger partial charge in [0.2, 0.25) is 0 Å². The number of aromatic nitrogens is 2. The molecule has 0 radical (unpaired) electrons. The van der Waals surface area contributed by atoms with Gasteiger partial charge in [0.25, 0.3) is 5.56 Å². The molecule has 0 atom stereocenters. The first-order valence-corrected chi connectivity index (χ1v) is 8.12. The van der Waals surface area contributed by atoms with E-state index in [2.05, 4.69) is 9.97 Å². The molecule has 2 N–H and O–H groups in total. The summed E-state index contributed by atoms with van der Waals surface area (Å²) in [6.07, 6.45) is 0.391. The maximum atomic E-state index is 12.1. The van der Waals surface area contributed by atoms with E-state index >= 15 is 0 Å². The molecule has 5 heteroatoms. The number of hydrogen-bond acceptors (Lipinski definition) is 3. The summed E-state index contributed by atoms with van der Waals surface area (Å²) in [5, 5.41) is 0. The second-order valence-corrected chi connectivity index (χ2v) is 6.01. The van der Waals surface area contributed by atoms with Crippen LogP contribution in [0.2, 0.25) is 0 Å². The summed E-state index contributed by atoms with van der Waals surface area (Å²) in [5.41, 5.74) is 3.44. The molecule has 0 saturated carbocycles. The van der Waals surface area contributed by atoms with Crippen LogP contribution in [0.3, 0.4) is 0 Å². The molecule has 0 unspecified atom stereocenters. The molecule has 0 amide bonds. The molecule has 0 fully saturated rings. The minimum Gasteiger partial charge on any atom is -0.489 e. The Kier molecular flexibility index (Phi) is 4.84. The lowest BCUT2D eigenvalue weighted by Crippen LogP contribution is -2.27. The highest BCUT2D eigenvalue weighted by Crippen LogP contribution is 2.22. The van der Waals surface area contributed by atoms with Crippen LogP contribution in [0.5, 0.6) is 5.75 Å². The van der Waals surface area contributed by atoms with Crippen LogP contribution in [0.25, 0.3) is 0 Å². The Balaban J connectivity index is 1.86. The summed E-state index contributed by atoms with van der Waals surface area (Å²) in [7, 11) is 0. The third-order valence-corrected chi connectivity index (χ3v) is 4.24. The van der Waals surface area contributed by atoms with Crippen LogP contribution >= 0.6 is 0 Å². The van der Waals surface area contributed by atoms with Crippen LogP contribution in [0.1, 0.15) is 27.9 Å². The minimum absolute atomic E-state index is 0.366. The number of aromatic amines is 2. The van der Waals surface area contributed by atoms with Crippen molar-refractivity contribution in [1.82, 2.24) is 9.97 Å². The van der Waals surface area contributed by atoms with Gasteiger partial charge in [-0.05, 0) is 36.6 Å². The fourth-order valence-corrected chi connectivity index (χ4v) is 2.75. The van der Waals surface area contributed by atoms with E-state index in [1.165, 1.54) is 5.56 Å². The number of para-hydroxylation sites is 1. The third kappa shape index (κ3) is 3.88. The van der Waals surface area contributed by atoms with Gasteiger partial charge < -0.3 is 9.72 Å². The van der Waals surface area contributed by atoms with Crippen molar-refractivity contribution in [2.75, 3.05) is 0 Å². The zero-order chi connectivity index (χ0) is 17.8. The van der Waals surface area contributed by atoms with Gasteiger partial charge in [0.15, 0.2) is 0 Å². The van der Waals surface area contributed by atoms with Crippen molar-refractivity contribution in [2.45, 2.75) is 26.9 Å². The van der Waals surface area contributed by atoms with Crippen LogP contribution in [0.4, 0.5) is 0 Å². The molecule has 0 bridgehead atoms. The first-order valence-electron chi connectivity index (χ1n) is 8.12. The van der Waals surface area contributed by atoms with E-state index in [4.69, 9.17) is 4.74 Å². The van der Waals surface area contributed by atoms with Crippen molar-refractivity contribution >= 4 is 0 Å². The van der Waals surface area contributed by atoms with E-state index in [-0.39, 0.29) is 5.56 Å². The first kappa shape index (κ1) is 16.8. The van der Waals surface area contributed by atoms with E-state index in [0.29, 0.717) is 24.3 Å². The number of nitrogens with one attached hydrogen (secondary N) is 2. The standard InChI is InChI=1S/C20H20N2O3/c1-13-7-3-4-9-16(13)12-25-18-10-6-5-8-15(18)11-17-14(2)21-20(24)22-19(17)23/h3-10H,11-12H2,1-2H3,(H2,21,22,23,24). The van der Waals surface area contributed by atoms with Gasteiger partial charge in [0.1, 0.15) is 12.4 Å². The highest BCUT2D eigenvalue weighted by atomic mass is 16.5. The van der Waals surface area contributed by atoms with Crippen molar-refractivity contribution in [3.05, 3.63) is 97.3 Å². The van der Waals surface area contributed by atoms with Gasteiger partial charge in [-0.25, -0.2) is 4.79 Å². The average Bonchev–Trinajstić information content (AvgIpc) is 2.58. The highest BCUT2D eigenvalue weighted by molar-refractivity contribution is 5.38. The summed E-state index contributed by atoms with van der Waals surface area (Å²) in [4.78, 5) is 28.3. The van der Waals surface area contributed by atoms with Gasteiger partial charge in [-0.1, -0.05) is 42.5 Å². The lowest BCUT2D eigenvalue weighted by Gasteiger charge is -2.13. The van der Waals surface area contributed by atoms with Crippen LogP contribution in [0, 0.1) is 13.8 Å². The summed E-state index contributed by atoms with van der Waals surface area (Å²) < 4.78 is 6.00. The molecule has 128 valence electrons. The normalized spacial score (nSPS) is 10.6. The van der Waals surface area contributed by atoms with E-state index in [1.807, 2.05) is 55.5 Å². The predicted octanol–water partition coefficient (Wildman–Crippen LogP) is 2.85. The molecule has 25 heavy (non-hydrogen) atoms. The first-order chi connectivity index (χ1) is 12.0. The molecule has 0 aliphatic heterocycles. The third-order valence-electron chi connectivity index (χ3n) is 4.24. The molecule has 5 nitrogen and oxygen atoms in total. The van der Waals surface area contributed by atoms with Crippen LogP contribution in [0.15, 0.2) is 58.1 Å². The van der Waals surface area contributed by atoms with Gasteiger partial charge >= 0.3 is 5.69 Å². The number of rotatable bonds is 5. The molecule has 0 saturated heterocycles. The Morgan fingerprint density at radius 3 is 2.28 bits per heavy atom. The van der Waals surface area contributed by atoms with E-state index < -0.39 is 5.69 Å². The molecule has 1 heterocycles. The molecule has 1 aromatic heterocycles. The number of H-pyrrole nitrogens is 2. The number of hydrogen-bond donors (Lipinski definition) is 2. The molecule has 0 spiro atoms. The molecular weight excluding hydrogens is 316 g/mol. The number of benzene rings is 2. The summed E-state index contributed by atoms with van der Waals surface area (Å²) >= 11 is 0. The summed E-state index contributed by atoms with van der Waals surface area (Å²) in [6.45, 7) is 4.24. The lowest BCUT2D eigenvalue weighted by atomic mass is 10.0. The molecule has 3 aromatic rings. The van der Waals surface area contributed by atoms with Crippen molar-refractivity contribution in [1.29, 1.82) is 0 Å². The highest BCUT2D eigenvalue weighted by Gasteiger charge is 2.11. The zero-order valence-corrected chi connectivity index (χ0v) is 14.3. The van der Waals surface area contributed by atoms with Crippen molar-refractivity contribution < 1.29 is 4.74 Å². The summed E-state index contributed by atoms with van der Waals surface area (Å²) in [5.74, 6) is 0.732. The Morgan fingerprint density at radius 2 is 1.56 bits per heavy atom. The largest absolute Gasteiger partial charge is 0.489 e. The van der Waals surface area contributed by atoms with Crippen molar-refractivity contribution in [2.24, 2.45) is 0 Å². The van der Waals surface area contributed by atoms with Gasteiger partial charge in [0.05, 0.1) is 0 Å². The minimum atomic E-state index is -0.490. The Labute approximate surface area is 145 Å². The quantitative estimate of drug-likeness (QED) is 0.752. The van der Waals surface area contributed by atoms with E-state index in [1.54, 1.807) is 6.92 Å². The Bertz CT molecular complexity index is 1000. The lowest BCUT2D eigenvalue weighted by molar-refractivity contribution is 0.302. The molecule has 0 aliphatic rings. The van der Waals surface area contributed by atoms with Crippen molar-refractivity contribution in [3.8, 4) is 5.75 Å². The van der Waals surface area contributed by atoms with Crippen LogP contribution in [-0.4, -0.2) is 9.97 Å². The van der Waals surface area contributed by atoms with E-state index in [0.717, 1.165) is 16.9 Å². The predicted molar refractivity (Wildman–Crippen MR) is 97.2 cm³/mol. The Hall–Kier alpha value is -3.08. The molecule has 2 aromatic carbocycles. The summed E-state index contributed by atoms with van der Waals surface area (Å²) in [6, 6.07) is 15.7. The maximum Gasteiger partial charge on any atom is 0.325 e. The second kappa shape index (κ2) is 7.21. The number of ether oxygens (including phenoxy) is 1. The van der Waals surface area contributed by atoms with Crippen LogP contribution < -0.4 is 16.0 Å².